The topological polar surface area (TPSA) is 57.7 Å². The number of fused-ring (bicyclic) bond motifs is 1. The summed E-state index contributed by atoms with van der Waals surface area (Å²) in [5.41, 5.74) is -0.425. The summed E-state index contributed by atoms with van der Waals surface area (Å²) in [5, 5.41) is 1.93. The van der Waals surface area contributed by atoms with Crippen molar-refractivity contribution in [2.24, 2.45) is 5.92 Å². The van der Waals surface area contributed by atoms with Crippen molar-refractivity contribution in [3.8, 4) is 0 Å². The molecule has 3 aromatic carbocycles. The molecule has 4 rings (SSSR count). The van der Waals surface area contributed by atoms with Gasteiger partial charge in [0.25, 0.3) is 0 Å². The molecule has 0 saturated carbocycles. The van der Waals surface area contributed by atoms with E-state index in [1.54, 1.807) is 11.9 Å². The molecule has 0 N–H and O–H groups in total. The Balaban J connectivity index is 1.51. The molecule has 33 heavy (non-hydrogen) atoms. The predicted octanol–water partition coefficient (Wildman–Crippen LogP) is 4.92. The number of hydrogen-bond donors (Lipinski definition) is 0. The van der Waals surface area contributed by atoms with Gasteiger partial charge >= 0.3 is 6.18 Å². The van der Waals surface area contributed by atoms with Crippen molar-refractivity contribution in [2.75, 3.05) is 25.0 Å². The van der Waals surface area contributed by atoms with Crippen molar-refractivity contribution in [2.45, 2.75) is 23.9 Å². The van der Waals surface area contributed by atoms with Crippen molar-refractivity contribution in [1.29, 1.82) is 0 Å². The third-order valence-corrected chi connectivity index (χ3v) is 8.03. The van der Waals surface area contributed by atoms with Gasteiger partial charge in [-0.2, -0.15) is 17.5 Å². The highest BCUT2D eigenvalue weighted by molar-refractivity contribution is 7.89. The fraction of sp³-hybridized carbons (Fsp3) is 0.292. The van der Waals surface area contributed by atoms with Gasteiger partial charge in [0.2, 0.25) is 15.9 Å². The Morgan fingerprint density at radius 1 is 0.939 bits per heavy atom. The van der Waals surface area contributed by atoms with Crippen LogP contribution in [0.1, 0.15) is 18.4 Å². The van der Waals surface area contributed by atoms with Crippen molar-refractivity contribution in [3.05, 3.63) is 72.3 Å². The van der Waals surface area contributed by atoms with Crippen molar-refractivity contribution in [3.63, 3.8) is 0 Å². The number of piperidine rings is 1. The second-order valence-electron chi connectivity index (χ2n) is 8.07. The maximum absolute atomic E-state index is 13.3. The molecule has 0 atom stereocenters. The number of rotatable bonds is 4. The number of nitrogens with zero attached hydrogens (tertiary/aromatic N) is 2. The summed E-state index contributed by atoms with van der Waals surface area (Å²) < 4.78 is 67.0. The van der Waals surface area contributed by atoms with E-state index in [2.05, 4.69) is 0 Å². The lowest BCUT2D eigenvalue weighted by Gasteiger charge is -2.33. The smallest absolute Gasteiger partial charge is 0.315 e. The molecule has 5 nitrogen and oxygen atoms in total. The number of alkyl halides is 3. The van der Waals surface area contributed by atoms with E-state index in [0.29, 0.717) is 0 Å². The van der Waals surface area contributed by atoms with Crippen LogP contribution in [0.3, 0.4) is 0 Å². The van der Waals surface area contributed by atoms with E-state index in [1.807, 2.05) is 42.5 Å². The highest BCUT2D eigenvalue weighted by atomic mass is 32.2. The number of benzene rings is 3. The summed E-state index contributed by atoms with van der Waals surface area (Å²) in [6, 6.07) is 17.6. The summed E-state index contributed by atoms with van der Waals surface area (Å²) in [5.74, 6) is -0.558. The molecule has 9 heteroatoms. The molecule has 1 saturated heterocycles. The summed E-state index contributed by atoms with van der Waals surface area (Å²) in [4.78, 5) is 14.0. The SMILES string of the molecule is CN(C(=O)C1CCN(S(=O)(=O)c2ccccc2C(F)(F)F)CC1)c1cccc2ccccc12. The lowest BCUT2D eigenvalue weighted by molar-refractivity contribution is -0.139. The molecule has 0 radical (unpaired) electrons. The molecule has 0 bridgehead atoms. The lowest BCUT2D eigenvalue weighted by Crippen LogP contribution is -2.43. The molecule has 3 aromatic rings. The molecule has 1 fully saturated rings. The van der Waals surface area contributed by atoms with Crippen LogP contribution < -0.4 is 4.90 Å². The van der Waals surface area contributed by atoms with Crippen LogP contribution in [0.2, 0.25) is 0 Å². The normalized spacial score (nSPS) is 16.1. The van der Waals surface area contributed by atoms with Crippen LogP contribution in [0.15, 0.2) is 71.6 Å². The third-order valence-electron chi connectivity index (χ3n) is 6.07. The van der Waals surface area contributed by atoms with Crippen molar-refractivity contribution >= 4 is 32.4 Å². The van der Waals surface area contributed by atoms with E-state index in [-0.39, 0.29) is 31.8 Å². The average molecular weight is 477 g/mol. The van der Waals surface area contributed by atoms with E-state index in [0.717, 1.165) is 39.0 Å². The molecular formula is C24H23F3N2O3S. The third kappa shape index (κ3) is 4.47. The van der Waals surface area contributed by atoms with Crippen LogP contribution in [-0.4, -0.2) is 38.8 Å². The highest BCUT2D eigenvalue weighted by Gasteiger charge is 2.40. The van der Waals surface area contributed by atoms with Crippen LogP contribution in [0.5, 0.6) is 0 Å². The summed E-state index contributed by atoms with van der Waals surface area (Å²) in [7, 11) is -2.65. The molecule has 0 spiro atoms. The number of hydrogen-bond acceptors (Lipinski definition) is 3. The number of carbonyl (C=O) groups is 1. The first-order chi connectivity index (χ1) is 15.6. The monoisotopic (exact) mass is 476 g/mol. The fourth-order valence-electron chi connectivity index (χ4n) is 4.30. The Kier molecular flexibility index (Phi) is 6.20. The van der Waals surface area contributed by atoms with E-state index >= 15 is 0 Å². The molecule has 1 aliphatic rings. The lowest BCUT2D eigenvalue weighted by atomic mass is 9.96. The standard InChI is InChI=1S/C24H23F3N2O3S/c1-28(21-11-6-8-17-7-2-3-9-19(17)21)23(30)18-13-15-29(16-14-18)33(31,32)22-12-5-4-10-20(22)24(25,26)27/h2-12,18H,13-16H2,1H3. The van der Waals surface area contributed by atoms with Gasteiger partial charge in [-0.25, -0.2) is 8.42 Å². The van der Waals surface area contributed by atoms with Crippen LogP contribution in [0, 0.1) is 5.92 Å². The van der Waals surface area contributed by atoms with E-state index < -0.39 is 32.6 Å². The van der Waals surface area contributed by atoms with Crippen molar-refractivity contribution < 1.29 is 26.4 Å². The zero-order chi connectivity index (χ0) is 23.8. The average Bonchev–Trinajstić information content (AvgIpc) is 2.82. The van der Waals surface area contributed by atoms with Gasteiger partial charge in [-0.3, -0.25) is 4.79 Å². The highest BCUT2D eigenvalue weighted by Crippen LogP contribution is 2.36. The Morgan fingerprint density at radius 2 is 1.55 bits per heavy atom. The Morgan fingerprint density at radius 3 is 2.24 bits per heavy atom. The second kappa shape index (κ2) is 8.79. The van der Waals surface area contributed by atoms with Gasteiger partial charge in [-0.05, 0) is 36.4 Å². The molecule has 0 aliphatic carbocycles. The zero-order valence-electron chi connectivity index (χ0n) is 17.9. The summed E-state index contributed by atoms with van der Waals surface area (Å²) in [6.45, 7) is -0.0391. The molecule has 174 valence electrons. The predicted molar refractivity (Wildman–Crippen MR) is 120 cm³/mol. The van der Waals surface area contributed by atoms with Gasteiger partial charge in [0.1, 0.15) is 0 Å². The summed E-state index contributed by atoms with van der Waals surface area (Å²) >= 11 is 0. The molecule has 0 unspecified atom stereocenters. The van der Waals surface area contributed by atoms with E-state index in [1.165, 1.54) is 6.07 Å². The first-order valence-electron chi connectivity index (χ1n) is 10.5. The molecule has 1 heterocycles. The maximum atomic E-state index is 13.3. The van der Waals surface area contributed by atoms with Gasteiger partial charge < -0.3 is 4.90 Å². The van der Waals surface area contributed by atoms with Crippen LogP contribution in [0.25, 0.3) is 10.8 Å². The quantitative estimate of drug-likeness (QED) is 0.537. The van der Waals surface area contributed by atoms with Crippen LogP contribution in [-0.2, 0) is 21.0 Å². The van der Waals surface area contributed by atoms with E-state index in [9.17, 15) is 26.4 Å². The fourth-order valence-corrected chi connectivity index (χ4v) is 5.98. The maximum Gasteiger partial charge on any atom is 0.417 e. The van der Waals surface area contributed by atoms with Gasteiger partial charge in [-0.15, -0.1) is 0 Å². The first-order valence-corrected chi connectivity index (χ1v) is 12.0. The van der Waals surface area contributed by atoms with Crippen LogP contribution in [0.4, 0.5) is 18.9 Å². The van der Waals surface area contributed by atoms with Gasteiger partial charge in [-0.1, -0.05) is 48.5 Å². The zero-order valence-corrected chi connectivity index (χ0v) is 18.7. The minimum absolute atomic E-state index is 0.0195. The number of halogens is 3. The molecule has 1 amide bonds. The number of carbonyl (C=O) groups excluding carboxylic acids is 1. The van der Waals surface area contributed by atoms with Gasteiger partial charge in [0, 0.05) is 31.4 Å². The number of amides is 1. The first kappa shape index (κ1) is 23.3. The van der Waals surface area contributed by atoms with Gasteiger partial charge in [0.05, 0.1) is 16.1 Å². The van der Waals surface area contributed by atoms with Crippen molar-refractivity contribution in [1.82, 2.24) is 4.31 Å². The Bertz CT molecular complexity index is 1280. The number of anilines is 1. The minimum atomic E-state index is -4.78. The van der Waals surface area contributed by atoms with Crippen LogP contribution >= 0.6 is 0 Å². The number of sulfonamides is 1. The molecule has 0 aromatic heterocycles. The minimum Gasteiger partial charge on any atom is -0.315 e. The molecule has 1 aliphatic heterocycles. The largest absolute Gasteiger partial charge is 0.417 e. The summed E-state index contributed by atoms with van der Waals surface area (Å²) in [6.07, 6.45) is -4.30. The molecular weight excluding hydrogens is 453 g/mol. The Hall–Kier alpha value is -2.91. The Labute approximate surface area is 190 Å². The van der Waals surface area contributed by atoms with Gasteiger partial charge in [0.15, 0.2) is 0 Å². The second-order valence-corrected chi connectivity index (χ2v) is 9.97. The van der Waals surface area contributed by atoms with E-state index in [4.69, 9.17) is 0 Å².